The van der Waals surface area contributed by atoms with E-state index < -0.39 is 40.2 Å². The Labute approximate surface area is 277 Å². The standard InChI is InChI=1S/C35H46N4O7S/c1-25(2)23-39(47(45,46)30-19-17-29(18-20-30)22-36-44)24-32(40)31(21-28-14-8-5-9-15-28)37-34(41)33(38-35(42)43)26(3)11-10-16-27-12-6-4-7-13-27/h4-9,12-15,17-20,22,25-26,31-33,38,40,44H,10-11,16,21,23-24H2,1-3H3,(H,37,41)(H,42,43)/t26-,31-,32-,33-/m0/s1. The maximum atomic E-state index is 13.8. The average molecular weight is 667 g/mol. The Balaban J connectivity index is 1.84. The highest BCUT2D eigenvalue weighted by Crippen LogP contribution is 2.21. The number of aliphatic hydroxyl groups is 1. The van der Waals surface area contributed by atoms with Gasteiger partial charge in [0.15, 0.2) is 0 Å². The predicted molar refractivity (Wildman–Crippen MR) is 181 cm³/mol. The van der Waals surface area contributed by atoms with Gasteiger partial charge in [0.1, 0.15) is 6.04 Å². The summed E-state index contributed by atoms with van der Waals surface area (Å²) in [5, 5.41) is 38.1. The van der Waals surface area contributed by atoms with Crippen LogP contribution < -0.4 is 10.6 Å². The first-order valence-corrected chi connectivity index (χ1v) is 17.2. The highest BCUT2D eigenvalue weighted by molar-refractivity contribution is 7.89. The summed E-state index contributed by atoms with van der Waals surface area (Å²) in [5.41, 5.74) is 2.45. The number of carbonyl (C=O) groups is 2. The van der Waals surface area contributed by atoms with Gasteiger partial charge in [0.05, 0.1) is 23.3 Å². The van der Waals surface area contributed by atoms with Gasteiger partial charge in [0, 0.05) is 13.1 Å². The zero-order chi connectivity index (χ0) is 34.4. The maximum Gasteiger partial charge on any atom is 0.405 e. The molecule has 0 spiro atoms. The van der Waals surface area contributed by atoms with Crippen LogP contribution in [0.5, 0.6) is 0 Å². The number of aryl methyl sites for hydroxylation is 1. The average Bonchev–Trinajstić information content (AvgIpc) is 3.04. The van der Waals surface area contributed by atoms with Crippen molar-refractivity contribution in [3.8, 4) is 0 Å². The van der Waals surface area contributed by atoms with Gasteiger partial charge in [-0.15, -0.1) is 0 Å². The third-order valence-corrected chi connectivity index (χ3v) is 9.72. The minimum Gasteiger partial charge on any atom is -0.465 e. The van der Waals surface area contributed by atoms with Crippen LogP contribution >= 0.6 is 0 Å². The molecule has 12 heteroatoms. The van der Waals surface area contributed by atoms with Crippen LogP contribution in [0.2, 0.25) is 0 Å². The van der Waals surface area contributed by atoms with E-state index in [1.807, 2.05) is 81.4 Å². The highest BCUT2D eigenvalue weighted by Gasteiger charge is 2.34. The molecule has 254 valence electrons. The van der Waals surface area contributed by atoms with Crippen molar-refractivity contribution in [2.24, 2.45) is 17.0 Å². The van der Waals surface area contributed by atoms with E-state index >= 15 is 0 Å². The molecule has 3 aromatic carbocycles. The van der Waals surface area contributed by atoms with Crippen molar-refractivity contribution < 1.29 is 33.4 Å². The van der Waals surface area contributed by atoms with E-state index in [0.717, 1.165) is 24.0 Å². The molecule has 0 radical (unpaired) electrons. The summed E-state index contributed by atoms with van der Waals surface area (Å²) >= 11 is 0. The number of hydrogen-bond donors (Lipinski definition) is 5. The van der Waals surface area contributed by atoms with Crippen LogP contribution in [-0.2, 0) is 27.7 Å². The van der Waals surface area contributed by atoms with Crippen LogP contribution in [0.3, 0.4) is 0 Å². The number of nitrogens with zero attached hydrogens (tertiary/aromatic N) is 2. The van der Waals surface area contributed by atoms with E-state index in [9.17, 15) is 28.2 Å². The quantitative estimate of drug-likeness (QED) is 0.0755. The predicted octanol–water partition coefficient (Wildman–Crippen LogP) is 4.53. The van der Waals surface area contributed by atoms with Gasteiger partial charge in [-0.05, 0) is 66.3 Å². The largest absolute Gasteiger partial charge is 0.465 e. The van der Waals surface area contributed by atoms with Gasteiger partial charge in [-0.1, -0.05) is 98.7 Å². The van der Waals surface area contributed by atoms with Crippen molar-refractivity contribution in [2.75, 3.05) is 13.1 Å². The number of sulfonamides is 1. The summed E-state index contributed by atoms with van der Waals surface area (Å²) in [6.07, 6.45) is 0.767. The number of benzene rings is 3. The molecule has 0 aliphatic rings. The normalized spacial score (nSPS) is 14.5. The molecule has 0 fully saturated rings. The van der Waals surface area contributed by atoms with Crippen LogP contribution in [-0.4, -0.2) is 77.6 Å². The van der Waals surface area contributed by atoms with Crippen molar-refractivity contribution in [2.45, 2.75) is 69.5 Å². The molecule has 0 saturated heterocycles. The van der Waals surface area contributed by atoms with Gasteiger partial charge in [-0.25, -0.2) is 13.2 Å². The first-order chi connectivity index (χ1) is 22.4. The minimum absolute atomic E-state index is 0.000801. The van der Waals surface area contributed by atoms with Gasteiger partial charge >= 0.3 is 6.09 Å². The fourth-order valence-corrected chi connectivity index (χ4v) is 7.04. The monoisotopic (exact) mass is 666 g/mol. The topological polar surface area (TPSA) is 169 Å². The minimum atomic E-state index is -4.07. The van der Waals surface area contributed by atoms with Gasteiger partial charge in [0.25, 0.3) is 0 Å². The number of aliphatic hydroxyl groups excluding tert-OH is 1. The van der Waals surface area contributed by atoms with Gasteiger partial charge in [0.2, 0.25) is 15.9 Å². The Kier molecular flexibility index (Phi) is 14.4. The summed E-state index contributed by atoms with van der Waals surface area (Å²) < 4.78 is 28.7. The molecular formula is C35H46N4O7S. The second-order valence-corrected chi connectivity index (χ2v) is 14.1. The molecule has 0 saturated carbocycles. The van der Waals surface area contributed by atoms with Crippen LogP contribution in [0.15, 0.2) is 95.0 Å². The molecule has 0 aliphatic carbocycles. The Morgan fingerprint density at radius 1 is 0.872 bits per heavy atom. The molecule has 0 unspecified atom stereocenters. The van der Waals surface area contributed by atoms with E-state index in [4.69, 9.17) is 5.21 Å². The fraction of sp³-hybridized carbons (Fsp3) is 0.400. The van der Waals surface area contributed by atoms with Gasteiger partial charge in [-0.3, -0.25) is 4.79 Å². The number of hydrogen-bond acceptors (Lipinski definition) is 7. The smallest absolute Gasteiger partial charge is 0.405 e. The Bertz CT molecular complexity index is 1540. The molecule has 5 N–H and O–H groups in total. The molecule has 0 aliphatic heterocycles. The zero-order valence-electron chi connectivity index (χ0n) is 27.1. The zero-order valence-corrected chi connectivity index (χ0v) is 27.9. The van der Waals surface area contributed by atoms with Crippen molar-refractivity contribution in [1.82, 2.24) is 14.9 Å². The van der Waals surface area contributed by atoms with Crippen molar-refractivity contribution >= 4 is 28.2 Å². The second-order valence-electron chi connectivity index (χ2n) is 12.2. The first kappa shape index (κ1) is 37.2. The van der Waals surface area contributed by atoms with Crippen molar-refractivity contribution in [3.05, 3.63) is 102 Å². The molecule has 0 bridgehead atoms. The summed E-state index contributed by atoms with van der Waals surface area (Å²) in [7, 11) is -4.07. The van der Waals surface area contributed by atoms with Crippen LogP contribution in [0.25, 0.3) is 0 Å². The summed E-state index contributed by atoms with van der Waals surface area (Å²) in [6, 6.07) is 22.8. The molecular weight excluding hydrogens is 620 g/mol. The number of rotatable bonds is 18. The molecule has 0 aromatic heterocycles. The number of oxime groups is 1. The lowest BCUT2D eigenvalue weighted by Gasteiger charge is -2.32. The van der Waals surface area contributed by atoms with Gasteiger partial charge in [-0.2, -0.15) is 4.31 Å². The molecule has 2 amide bonds. The second kappa shape index (κ2) is 18.2. The maximum absolute atomic E-state index is 13.8. The van der Waals surface area contributed by atoms with E-state index in [1.54, 1.807) is 0 Å². The fourth-order valence-electron chi connectivity index (χ4n) is 5.42. The van der Waals surface area contributed by atoms with Crippen molar-refractivity contribution in [3.63, 3.8) is 0 Å². The number of nitrogens with one attached hydrogen (secondary N) is 2. The Hall–Kier alpha value is -4.26. The lowest BCUT2D eigenvalue weighted by atomic mass is 9.93. The summed E-state index contributed by atoms with van der Waals surface area (Å²) in [5.74, 6) is -1.04. The molecule has 47 heavy (non-hydrogen) atoms. The number of carboxylic acid groups (broad SMARTS) is 1. The number of amides is 2. The molecule has 0 heterocycles. The summed E-state index contributed by atoms with van der Waals surface area (Å²) in [6.45, 7) is 5.32. The van der Waals surface area contributed by atoms with Crippen LogP contribution in [0, 0.1) is 11.8 Å². The van der Waals surface area contributed by atoms with Crippen molar-refractivity contribution in [1.29, 1.82) is 0 Å². The Morgan fingerprint density at radius 2 is 1.47 bits per heavy atom. The first-order valence-electron chi connectivity index (χ1n) is 15.7. The van der Waals surface area contributed by atoms with Gasteiger partial charge < -0.3 is 26.1 Å². The van der Waals surface area contributed by atoms with E-state index in [2.05, 4.69) is 15.8 Å². The lowest BCUT2D eigenvalue weighted by molar-refractivity contribution is -0.125. The molecule has 3 rings (SSSR count). The van der Waals surface area contributed by atoms with Crippen LogP contribution in [0.1, 0.15) is 50.3 Å². The highest BCUT2D eigenvalue weighted by atomic mass is 32.2. The SMILES string of the molecule is CC(C)CN(C[C@H](O)[C@H](Cc1ccccc1)NC(=O)[C@@H](NC(=O)O)[C@@H](C)CCCc1ccccc1)S(=O)(=O)c1ccc(C=NO)cc1. The van der Waals surface area contributed by atoms with E-state index in [0.29, 0.717) is 12.0 Å². The third kappa shape index (κ3) is 11.8. The van der Waals surface area contributed by atoms with E-state index in [1.165, 1.54) is 34.8 Å². The molecule has 11 nitrogen and oxygen atoms in total. The third-order valence-electron chi connectivity index (χ3n) is 7.87. The van der Waals surface area contributed by atoms with E-state index in [-0.39, 0.29) is 36.2 Å². The molecule has 4 atom stereocenters. The lowest BCUT2D eigenvalue weighted by Crippen LogP contribution is -2.57. The number of carbonyl (C=O) groups excluding carboxylic acids is 1. The van der Waals surface area contributed by atoms with Crippen LogP contribution in [0.4, 0.5) is 4.79 Å². The Morgan fingerprint density at radius 3 is 2.02 bits per heavy atom. The molecule has 3 aromatic rings. The summed E-state index contributed by atoms with van der Waals surface area (Å²) in [4.78, 5) is 25.5.